The van der Waals surface area contributed by atoms with Crippen LogP contribution in [0.25, 0.3) is 21.5 Å². The fraction of sp³-hybridized carbons (Fsp3) is 0.286. The van der Waals surface area contributed by atoms with Crippen molar-refractivity contribution in [3.05, 3.63) is 108 Å². The number of nitrogens with zero attached hydrogens (tertiary/aromatic N) is 2. The Morgan fingerprint density at radius 1 is 0.838 bits per heavy atom. The Labute approximate surface area is 221 Å². The molecule has 2 heteroatoms. The van der Waals surface area contributed by atoms with E-state index in [1.807, 2.05) is 0 Å². The molecule has 186 valence electrons. The van der Waals surface area contributed by atoms with E-state index in [0.29, 0.717) is 5.92 Å². The van der Waals surface area contributed by atoms with E-state index >= 15 is 0 Å². The second-order valence-electron chi connectivity index (χ2n) is 10.8. The van der Waals surface area contributed by atoms with Crippen LogP contribution in [0.4, 0.5) is 11.4 Å². The van der Waals surface area contributed by atoms with Crippen molar-refractivity contribution in [3.8, 4) is 0 Å². The van der Waals surface area contributed by atoms with Crippen LogP contribution in [-0.2, 0) is 5.41 Å². The molecule has 0 saturated carbocycles. The smallest absolute Gasteiger partial charge is 0.210 e. The normalized spacial score (nSPS) is 19.5. The standard InChI is InChI=1S/C35H37N2/c1-6-26-29(36(7-2)30-22-20-24-14-9-11-16-27(24)33(26)30)18-13-19-32-35(4,5)34-28-17-12-10-15-25(28)21-23-31(34)37(32)8-3/h9-23,26H,6-8H2,1-5H3/q+1. The lowest BCUT2D eigenvalue weighted by Crippen LogP contribution is -2.27. The molecule has 37 heavy (non-hydrogen) atoms. The van der Waals surface area contributed by atoms with Gasteiger partial charge in [-0.15, -0.1) is 0 Å². The Morgan fingerprint density at radius 3 is 2.22 bits per heavy atom. The first-order chi connectivity index (χ1) is 18.0. The summed E-state index contributed by atoms with van der Waals surface area (Å²) in [6.45, 7) is 13.5. The van der Waals surface area contributed by atoms with E-state index in [0.717, 1.165) is 19.5 Å². The van der Waals surface area contributed by atoms with Crippen molar-refractivity contribution in [3.63, 3.8) is 0 Å². The number of rotatable bonds is 5. The lowest BCUT2D eigenvalue weighted by Gasteiger charge is -2.21. The van der Waals surface area contributed by atoms with Gasteiger partial charge in [0, 0.05) is 41.6 Å². The van der Waals surface area contributed by atoms with Gasteiger partial charge in [0.15, 0.2) is 5.71 Å². The van der Waals surface area contributed by atoms with Crippen LogP contribution in [0.15, 0.2) is 96.7 Å². The maximum Gasteiger partial charge on any atom is 0.210 e. The average molecular weight is 486 g/mol. The predicted octanol–water partition coefficient (Wildman–Crippen LogP) is 8.86. The van der Waals surface area contributed by atoms with E-state index in [9.17, 15) is 0 Å². The van der Waals surface area contributed by atoms with Gasteiger partial charge in [0.05, 0.1) is 5.41 Å². The molecule has 0 N–H and O–H groups in total. The van der Waals surface area contributed by atoms with Gasteiger partial charge in [0.1, 0.15) is 6.54 Å². The highest BCUT2D eigenvalue weighted by molar-refractivity contribution is 6.07. The number of anilines is 1. The van der Waals surface area contributed by atoms with Gasteiger partial charge in [0.2, 0.25) is 5.69 Å². The summed E-state index contributed by atoms with van der Waals surface area (Å²) in [5.74, 6) is 0.413. The number of allylic oxidation sites excluding steroid dienone is 4. The molecule has 2 nitrogen and oxygen atoms in total. The van der Waals surface area contributed by atoms with Crippen LogP contribution in [-0.4, -0.2) is 23.4 Å². The van der Waals surface area contributed by atoms with E-state index in [-0.39, 0.29) is 5.41 Å². The van der Waals surface area contributed by atoms with E-state index < -0.39 is 0 Å². The summed E-state index contributed by atoms with van der Waals surface area (Å²) >= 11 is 0. The van der Waals surface area contributed by atoms with Gasteiger partial charge in [-0.2, -0.15) is 4.58 Å². The van der Waals surface area contributed by atoms with Crippen LogP contribution >= 0.6 is 0 Å². The molecule has 2 heterocycles. The maximum atomic E-state index is 2.52. The number of likely N-dealkylation sites (N-methyl/N-ethyl adjacent to an activating group) is 1. The summed E-state index contributed by atoms with van der Waals surface area (Å²) in [6.07, 6.45) is 8.15. The third-order valence-electron chi connectivity index (χ3n) is 8.57. The van der Waals surface area contributed by atoms with Crippen LogP contribution in [0, 0.1) is 0 Å². The van der Waals surface area contributed by atoms with Crippen molar-refractivity contribution in [2.75, 3.05) is 18.0 Å². The summed E-state index contributed by atoms with van der Waals surface area (Å²) in [6, 6.07) is 26.8. The molecule has 6 rings (SSSR count). The summed E-state index contributed by atoms with van der Waals surface area (Å²) in [7, 11) is 0. The van der Waals surface area contributed by atoms with Crippen molar-refractivity contribution >= 4 is 38.6 Å². The quantitative estimate of drug-likeness (QED) is 0.256. The first-order valence-electron chi connectivity index (χ1n) is 13.9. The Bertz CT molecular complexity index is 1620. The Kier molecular flexibility index (Phi) is 5.79. The highest BCUT2D eigenvalue weighted by Crippen LogP contribution is 2.48. The minimum atomic E-state index is -0.0648. The molecule has 2 aliphatic heterocycles. The lowest BCUT2D eigenvalue weighted by atomic mass is 9.79. The van der Waals surface area contributed by atoms with Crippen molar-refractivity contribution in [2.24, 2.45) is 0 Å². The summed E-state index contributed by atoms with van der Waals surface area (Å²) in [4.78, 5) is 2.52. The maximum absolute atomic E-state index is 2.52. The number of fused-ring (bicyclic) bond motifs is 6. The minimum absolute atomic E-state index is 0.0648. The van der Waals surface area contributed by atoms with Crippen LogP contribution in [0.1, 0.15) is 58.1 Å². The largest absolute Gasteiger partial charge is 0.344 e. The topological polar surface area (TPSA) is 6.25 Å². The average Bonchev–Trinajstić information content (AvgIpc) is 3.36. The first-order valence-corrected chi connectivity index (χ1v) is 13.9. The third kappa shape index (κ3) is 3.49. The fourth-order valence-corrected chi connectivity index (χ4v) is 6.95. The molecule has 0 saturated heterocycles. The van der Waals surface area contributed by atoms with Crippen LogP contribution in [0.2, 0.25) is 0 Å². The van der Waals surface area contributed by atoms with E-state index in [1.165, 1.54) is 55.5 Å². The van der Waals surface area contributed by atoms with Gasteiger partial charge in [0.25, 0.3) is 0 Å². The molecular weight excluding hydrogens is 448 g/mol. The van der Waals surface area contributed by atoms with Crippen LogP contribution < -0.4 is 4.90 Å². The minimum Gasteiger partial charge on any atom is -0.344 e. The Balaban J connectivity index is 1.43. The van der Waals surface area contributed by atoms with Crippen LogP contribution in [0.5, 0.6) is 0 Å². The highest BCUT2D eigenvalue weighted by Gasteiger charge is 2.45. The molecule has 0 radical (unpaired) electrons. The van der Waals surface area contributed by atoms with Crippen LogP contribution in [0.3, 0.4) is 0 Å². The zero-order chi connectivity index (χ0) is 25.7. The second kappa shape index (κ2) is 9.03. The van der Waals surface area contributed by atoms with E-state index in [1.54, 1.807) is 0 Å². The first kappa shape index (κ1) is 23.7. The molecule has 4 aromatic rings. The molecule has 0 amide bonds. The number of benzene rings is 4. The second-order valence-corrected chi connectivity index (χ2v) is 10.8. The lowest BCUT2D eigenvalue weighted by molar-refractivity contribution is -0.433. The molecule has 4 aromatic carbocycles. The molecule has 1 unspecified atom stereocenters. The van der Waals surface area contributed by atoms with Gasteiger partial charge in [-0.1, -0.05) is 67.6 Å². The zero-order valence-corrected chi connectivity index (χ0v) is 22.8. The van der Waals surface area contributed by atoms with Crippen molar-refractivity contribution in [1.29, 1.82) is 0 Å². The van der Waals surface area contributed by atoms with Crippen molar-refractivity contribution < 1.29 is 4.58 Å². The highest BCUT2D eigenvalue weighted by atomic mass is 15.2. The Hall–Kier alpha value is -3.65. The van der Waals surface area contributed by atoms with Crippen molar-refractivity contribution in [1.82, 2.24) is 0 Å². The van der Waals surface area contributed by atoms with E-state index in [2.05, 4.69) is 135 Å². The van der Waals surface area contributed by atoms with Gasteiger partial charge in [-0.3, -0.25) is 0 Å². The molecule has 0 spiro atoms. The van der Waals surface area contributed by atoms with Gasteiger partial charge in [-0.05, 0) is 79.4 Å². The van der Waals surface area contributed by atoms with Crippen molar-refractivity contribution in [2.45, 2.75) is 52.4 Å². The molecule has 2 aliphatic rings. The Morgan fingerprint density at radius 2 is 1.51 bits per heavy atom. The SMILES string of the molecule is CCC1C(=CC=CC2=[N+](CC)c3ccc4ccccc4c3C2(C)C)N(CC)c2ccc3ccccc3c21. The number of hydrogen-bond acceptors (Lipinski definition) is 1. The summed E-state index contributed by atoms with van der Waals surface area (Å²) < 4.78 is 2.50. The summed E-state index contributed by atoms with van der Waals surface area (Å²) in [5, 5.41) is 5.41. The molecule has 1 atom stereocenters. The van der Waals surface area contributed by atoms with Gasteiger partial charge in [-0.25, -0.2) is 0 Å². The monoisotopic (exact) mass is 485 g/mol. The van der Waals surface area contributed by atoms with E-state index in [4.69, 9.17) is 0 Å². The van der Waals surface area contributed by atoms with Gasteiger partial charge >= 0.3 is 0 Å². The molecule has 0 bridgehead atoms. The number of hydrogen-bond donors (Lipinski definition) is 0. The fourth-order valence-electron chi connectivity index (χ4n) is 6.95. The molecule has 0 fully saturated rings. The predicted molar refractivity (Wildman–Crippen MR) is 160 cm³/mol. The molecule has 0 aliphatic carbocycles. The molecular formula is C35H37N2+. The molecule has 0 aromatic heterocycles. The summed E-state index contributed by atoms with van der Waals surface area (Å²) in [5.41, 5.74) is 8.37. The third-order valence-corrected chi connectivity index (χ3v) is 8.57. The van der Waals surface area contributed by atoms with Gasteiger partial charge < -0.3 is 4.90 Å². The zero-order valence-electron chi connectivity index (χ0n) is 22.8.